The van der Waals surface area contributed by atoms with Gasteiger partial charge in [-0.25, -0.2) is 8.42 Å². The van der Waals surface area contributed by atoms with Crippen molar-refractivity contribution in [1.29, 1.82) is 0 Å². The molecule has 0 atom stereocenters. The van der Waals surface area contributed by atoms with Crippen LogP contribution in [0.5, 0.6) is 5.75 Å². The fourth-order valence-electron chi connectivity index (χ4n) is 1.53. The summed E-state index contributed by atoms with van der Waals surface area (Å²) in [6.07, 6.45) is 2.92. The molecule has 1 N–H and O–H groups in total. The molecule has 5 nitrogen and oxygen atoms in total. The molecule has 0 unspecified atom stereocenters. The Bertz CT molecular complexity index is 674. The number of aryl methyl sites for hydroxylation is 1. The van der Waals surface area contributed by atoms with Crippen LogP contribution in [0.4, 0.5) is 0 Å². The maximum Gasteiger partial charge on any atom is 0.253 e. The van der Waals surface area contributed by atoms with Gasteiger partial charge in [-0.1, -0.05) is 12.1 Å². The van der Waals surface area contributed by atoms with Crippen molar-refractivity contribution in [3.8, 4) is 16.9 Å². The zero-order valence-electron chi connectivity index (χ0n) is 10.2. The Morgan fingerprint density at radius 3 is 2.67 bits per heavy atom. The van der Waals surface area contributed by atoms with Crippen LogP contribution >= 0.6 is 0 Å². The molecule has 0 aliphatic heterocycles. The van der Waals surface area contributed by atoms with Gasteiger partial charge in [-0.05, 0) is 31.0 Å². The van der Waals surface area contributed by atoms with Crippen LogP contribution in [0.25, 0.3) is 11.1 Å². The second kappa shape index (κ2) is 4.45. The van der Waals surface area contributed by atoms with E-state index < -0.39 is 10.0 Å². The van der Waals surface area contributed by atoms with Crippen LogP contribution < -0.4 is 0 Å². The predicted octanol–water partition coefficient (Wildman–Crippen LogP) is 1.76. The number of aromatic hydroxyl groups is 1. The molecule has 0 radical (unpaired) electrons. The van der Waals surface area contributed by atoms with Gasteiger partial charge < -0.3 is 5.11 Å². The maximum atomic E-state index is 11.6. The van der Waals surface area contributed by atoms with Crippen molar-refractivity contribution >= 4 is 10.0 Å². The maximum absolute atomic E-state index is 11.6. The number of hydrogen-bond donors (Lipinski definition) is 1. The van der Waals surface area contributed by atoms with Gasteiger partial charge in [-0.3, -0.25) is 0 Å². The summed E-state index contributed by atoms with van der Waals surface area (Å²) in [5.74, 6) is 0.173. The van der Waals surface area contributed by atoms with Gasteiger partial charge in [0, 0.05) is 5.56 Å². The minimum Gasteiger partial charge on any atom is -0.508 e. The smallest absolute Gasteiger partial charge is 0.253 e. The van der Waals surface area contributed by atoms with E-state index >= 15 is 0 Å². The van der Waals surface area contributed by atoms with Crippen molar-refractivity contribution in [3.63, 3.8) is 0 Å². The summed E-state index contributed by atoms with van der Waals surface area (Å²) < 4.78 is 24.2. The average Bonchev–Trinajstić information content (AvgIpc) is 2.83. The van der Waals surface area contributed by atoms with Gasteiger partial charge in [0.1, 0.15) is 5.75 Å². The van der Waals surface area contributed by atoms with E-state index in [2.05, 4.69) is 5.10 Å². The zero-order chi connectivity index (χ0) is 13.3. The lowest BCUT2D eigenvalue weighted by Gasteiger charge is -2.02. The summed E-state index contributed by atoms with van der Waals surface area (Å²) >= 11 is 0. The molecule has 0 bridgehead atoms. The van der Waals surface area contributed by atoms with E-state index in [1.807, 2.05) is 6.07 Å². The summed E-state index contributed by atoms with van der Waals surface area (Å²) in [5, 5.41) is 13.5. The zero-order valence-corrected chi connectivity index (χ0v) is 11.0. The number of nitrogens with zero attached hydrogens (tertiary/aromatic N) is 2. The van der Waals surface area contributed by atoms with Crippen molar-refractivity contribution in [2.24, 2.45) is 0 Å². The van der Waals surface area contributed by atoms with E-state index in [9.17, 15) is 13.5 Å². The Morgan fingerprint density at radius 1 is 1.33 bits per heavy atom. The third kappa shape index (κ3) is 2.24. The van der Waals surface area contributed by atoms with Crippen molar-refractivity contribution in [2.45, 2.75) is 13.8 Å². The molecule has 0 spiro atoms. The van der Waals surface area contributed by atoms with Crippen molar-refractivity contribution < 1.29 is 13.5 Å². The minimum absolute atomic E-state index is 0.00668. The molecule has 1 heterocycles. The molecule has 0 aliphatic rings. The van der Waals surface area contributed by atoms with Crippen LogP contribution in [0, 0.1) is 6.92 Å². The second-order valence-electron chi connectivity index (χ2n) is 4.00. The summed E-state index contributed by atoms with van der Waals surface area (Å²) in [4.78, 5) is 0. The monoisotopic (exact) mass is 266 g/mol. The highest BCUT2D eigenvalue weighted by Crippen LogP contribution is 2.25. The second-order valence-corrected chi connectivity index (χ2v) is 6.12. The summed E-state index contributed by atoms with van der Waals surface area (Å²) in [6, 6.07) is 5.18. The minimum atomic E-state index is -3.36. The number of benzene rings is 1. The van der Waals surface area contributed by atoms with E-state index in [4.69, 9.17) is 0 Å². The third-order valence-corrected chi connectivity index (χ3v) is 4.25. The lowest BCUT2D eigenvalue weighted by molar-refractivity contribution is 0.471. The first-order valence-electron chi connectivity index (χ1n) is 5.52. The topological polar surface area (TPSA) is 72.2 Å². The molecule has 96 valence electrons. The van der Waals surface area contributed by atoms with Crippen LogP contribution in [0.2, 0.25) is 0 Å². The molecule has 6 heteroatoms. The molecule has 2 rings (SSSR count). The average molecular weight is 266 g/mol. The highest BCUT2D eigenvalue weighted by molar-refractivity contribution is 7.89. The Morgan fingerprint density at radius 2 is 2.06 bits per heavy atom. The first kappa shape index (κ1) is 12.6. The molecule has 1 aromatic heterocycles. The van der Waals surface area contributed by atoms with Crippen molar-refractivity contribution in [1.82, 2.24) is 9.19 Å². The van der Waals surface area contributed by atoms with Crippen molar-refractivity contribution in [3.05, 3.63) is 36.2 Å². The fraction of sp³-hybridized carbons (Fsp3) is 0.250. The van der Waals surface area contributed by atoms with Gasteiger partial charge >= 0.3 is 0 Å². The van der Waals surface area contributed by atoms with Crippen LogP contribution in [0.3, 0.4) is 0 Å². The largest absolute Gasteiger partial charge is 0.508 e. The first-order valence-corrected chi connectivity index (χ1v) is 7.13. The number of aromatic nitrogens is 2. The van der Waals surface area contributed by atoms with Crippen LogP contribution in [-0.4, -0.2) is 28.5 Å². The van der Waals surface area contributed by atoms with Gasteiger partial charge in [0.05, 0.1) is 18.1 Å². The Hall–Kier alpha value is -1.82. The lowest BCUT2D eigenvalue weighted by Crippen LogP contribution is -2.14. The van der Waals surface area contributed by atoms with Gasteiger partial charge in [0.15, 0.2) is 0 Å². The molecule has 0 saturated carbocycles. The van der Waals surface area contributed by atoms with Gasteiger partial charge in [0.2, 0.25) is 0 Å². The van der Waals surface area contributed by atoms with E-state index in [0.717, 1.165) is 15.2 Å². The Kier molecular flexibility index (Phi) is 3.13. The molecular formula is C12H14N2O3S. The molecule has 0 aliphatic carbocycles. The van der Waals surface area contributed by atoms with E-state index in [1.54, 1.807) is 26.0 Å². The Balaban J connectivity index is 2.44. The number of phenolic OH excluding ortho intramolecular Hbond substituents is 1. The molecule has 0 amide bonds. The standard InChI is InChI=1S/C12H14N2O3S/c1-3-18(16,17)14-8-11(7-13-14)10-5-4-9(2)12(15)6-10/h4-8,15H,3H2,1-2H3. The molecule has 0 fully saturated rings. The summed E-state index contributed by atoms with van der Waals surface area (Å²) in [6.45, 7) is 3.36. The first-order chi connectivity index (χ1) is 8.44. The van der Waals surface area contributed by atoms with E-state index in [-0.39, 0.29) is 11.5 Å². The molecule has 18 heavy (non-hydrogen) atoms. The predicted molar refractivity (Wildman–Crippen MR) is 68.9 cm³/mol. The highest BCUT2D eigenvalue weighted by Gasteiger charge is 2.12. The molecule has 1 aromatic carbocycles. The van der Waals surface area contributed by atoms with Crippen molar-refractivity contribution in [2.75, 3.05) is 5.75 Å². The number of hydrogen-bond acceptors (Lipinski definition) is 4. The molecule has 2 aromatic rings. The number of rotatable bonds is 3. The summed E-state index contributed by atoms with van der Waals surface area (Å²) in [5.41, 5.74) is 2.16. The fourth-order valence-corrected chi connectivity index (χ4v) is 2.26. The lowest BCUT2D eigenvalue weighted by atomic mass is 10.1. The summed E-state index contributed by atoms with van der Waals surface area (Å²) in [7, 11) is -3.36. The Labute approximate surface area is 106 Å². The van der Waals surface area contributed by atoms with Gasteiger partial charge in [-0.2, -0.15) is 9.19 Å². The normalized spacial score (nSPS) is 11.7. The quantitative estimate of drug-likeness (QED) is 0.918. The molecule has 0 saturated heterocycles. The molecular weight excluding hydrogens is 252 g/mol. The van der Waals surface area contributed by atoms with Crippen LogP contribution in [-0.2, 0) is 10.0 Å². The van der Waals surface area contributed by atoms with E-state index in [1.165, 1.54) is 12.4 Å². The SMILES string of the molecule is CCS(=O)(=O)n1cc(-c2ccc(C)c(O)c2)cn1. The van der Waals surface area contributed by atoms with Crippen LogP contribution in [0.1, 0.15) is 12.5 Å². The van der Waals surface area contributed by atoms with Gasteiger partial charge in [-0.15, -0.1) is 0 Å². The highest BCUT2D eigenvalue weighted by atomic mass is 32.2. The van der Waals surface area contributed by atoms with Crippen LogP contribution in [0.15, 0.2) is 30.6 Å². The number of phenols is 1. The van der Waals surface area contributed by atoms with Gasteiger partial charge in [0.25, 0.3) is 10.0 Å². The van der Waals surface area contributed by atoms with E-state index in [0.29, 0.717) is 5.56 Å². The third-order valence-electron chi connectivity index (χ3n) is 2.75.